The van der Waals surface area contributed by atoms with E-state index >= 15 is 0 Å². The van der Waals surface area contributed by atoms with Gasteiger partial charge in [0.15, 0.2) is 0 Å². The first-order valence-corrected chi connectivity index (χ1v) is 24.4. The second kappa shape index (κ2) is 44.7. The van der Waals surface area contributed by atoms with Crippen LogP contribution in [0.25, 0.3) is 0 Å². The summed E-state index contributed by atoms with van der Waals surface area (Å²) >= 11 is 0. The Morgan fingerprint density at radius 1 is 0.541 bits per heavy atom. The van der Waals surface area contributed by atoms with Crippen molar-refractivity contribution in [3.05, 3.63) is 109 Å². The number of esters is 1. The molecule has 0 amide bonds. The highest BCUT2D eigenvalue weighted by Gasteiger charge is 2.27. The van der Waals surface area contributed by atoms with E-state index < -0.39 is 45.1 Å². The molecule has 0 radical (unpaired) electrons. The number of unbranched alkanes of at least 4 members (excludes halogenated alkanes) is 10. The van der Waals surface area contributed by atoms with Gasteiger partial charge in [-0.15, -0.1) is 0 Å². The van der Waals surface area contributed by atoms with Gasteiger partial charge >= 0.3 is 19.8 Å². The number of hydrogen-bond acceptors (Lipinski definition) is 8. The molecule has 11 heteroatoms. The van der Waals surface area contributed by atoms with Crippen molar-refractivity contribution in [1.29, 1.82) is 0 Å². The minimum atomic E-state index is -4.65. The van der Waals surface area contributed by atoms with E-state index in [1.807, 2.05) is 0 Å². The first-order valence-electron chi connectivity index (χ1n) is 22.9. The Bertz CT molecular complexity index is 1380. The van der Waals surface area contributed by atoms with Crippen molar-refractivity contribution in [1.82, 2.24) is 0 Å². The number of carbonyl (C=O) groups is 2. The van der Waals surface area contributed by atoms with Crippen molar-refractivity contribution in [2.24, 2.45) is 5.73 Å². The zero-order valence-corrected chi connectivity index (χ0v) is 38.6. The van der Waals surface area contributed by atoms with Crippen LogP contribution in [0.5, 0.6) is 0 Å². The highest BCUT2D eigenvalue weighted by atomic mass is 31.2. The number of carboxylic acid groups (broad SMARTS) is 1. The Morgan fingerprint density at radius 2 is 0.951 bits per heavy atom. The lowest BCUT2D eigenvalue weighted by Crippen LogP contribution is -2.34. The second-order valence-corrected chi connectivity index (χ2v) is 16.2. The molecule has 0 bridgehead atoms. The Balaban J connectivity index is 4.38. The van der Waals surface area contributed by atoms with E-state index in [4.69, 9.17) is 29.4 Å². The van der Waals surface area contributed by atoms with Crippen molar-refractivity contribution in [2.45, 2.75) is 167 Å². The van der Waals surface area contributed by atoms with Gasteiger partial charge in [0.25, 0.3) is 0 Å². The third-order valence-corrected chi connectivity index (χ3v) is 9.99. The lowest BCUT2D eigenvalue weighted by atomic mass is 10.1. The van der Waals surface area contributed by atoms with Crippen molar-refractivity contribution in [3.8, 4) is 0 Å². The van der Waals surface area contributed by atoms with Crippen LogP contribution < -0.4 is 5.73 Å². The van der Waals surface area contributed by atoms with Gasteiger partial charge < -0.3 is 25.2 Å². The van der Waals surface area contributed by atoms with Gasteiger partial charge in [0, 0.05) is 13.0 Å². The number of phosphoric acid groups is 1. The lowest BCUT2D eigenvalue weighted by molar-refractivity contribution is -0.154. The molecule has 0 aromatic rings. The summed E-state index contributed by atoms with van der Waals surface area (Å²) in [5.41, 5.74) is 5.36. The predicted octanol–water partition coefficient (Wildman–Crippen LogP) is 13.1. The number of carbonyl (C=O) groups excluding carboxylic acids is 1. The molecule has 61 heavy (non-hydrogen) atoms. The molecule has 0 heterocycles. The van der Waals surface area contributed by atoms with Crippen molar-refractivity contribution >= 4 is 19.8 Å². The number of allylic oxidation sites excluding steroid dienone is 18. The Kier molecular flexibility index (Phi) is 42.2. The number of phosphoric ester groups is 1. The van der Waals surface area contributed by atoms with Crippen LogP contribution in [-0.4, -0.2) is 60.5 Å². The zero-order chi connectivity index (χ0) is 44.8. The fraction of sp³-hybridized carbons (Fsp3) is 0.600. The average Bonchev–Trinajstić information content (AvgIpc) is 3.24. The van der Waals surface area contributed by atoms with Gasteiger partial charge in [-0.3, -0.25) is 18.6 Å². The van der Waals surface area contributed by atoms with Crippen LogP contribution in [0.4, 0.5) is 0 Å². The Morgan fingerprint density at radius 3 is 1.43 bits per heavy atom. The minimum Gasteiger partial charge on any atom is -0.480 e. The second-order valence-electron chi connectivity index (χ2n) is 14.8. The SMILES string of the molecule is CC/C=C\C/C=C\C/C=C\C/C=C\C/C=C\C/C=C\CCCOCC(COP(=O)(O)OCC(N)C(=O)O)OC(=O)CCCCCCCC/C=C\C/C=C\C/C=C\CCCCC. The molecule has 10 nitrogen and oxygen atoms in total. The number of ether oxygens (including phenoxy) is 2. The maximum absolute atomic E-state index is 12.7. The highest BCUT2D eigenvalue weighted by Crippen LogP contribution is 2.43. The molecule has 0 fully saturated rings. The minimum absolute atomic E-state index is 0.0363. The molecule has 0 aliphatic carbocycles. The van der Waals surface area contributed by atoms with E-state index in [0.717, 1.165) is 103 Å². The van der Waals surface area contributed by atoms with Gasteiger partial charge in [0.05, 0.1) is 19.8 Å². The molecule has 0 aromatic carbocycles. The van der Waals surface area contributed by atoms with Crippen LogP contribution in [0, 0.1) is 0 Å². The van der Waals surface area contributed by atoms with Crippen molar-refractivity contribution < 1.29 is 42.7 Å². The molecule has 0 rings (SSSR count). The summed E-state index contributed by atoms with van der Waals surface area (Å²) in [7, 11) is -4.65. The summed E-state index contributed by atoms with van der Waals surface area (Å²) in [6.45, 7) is 3.55. The Labute approximate surface area is 370 Å². The van der Waals surface area contributed by atoms with E-state index in [1.54, 1.807) is 0 Å². The van der Waals surface area contributed by atoms with Crippen LogP contribution in [0.15, 0.2) is 109 Å². The molecule has 3 unspecified atom stereocenters. The maximum Gasteiger partial charge on any atom is 0.472 e. The van der Waals surface area contributed by atoms with Gasteiger partial charge in [-0.1, -0.05) is 162 Å². The van der Waals surface area contributed by atoms with Crippen LogP contribution in [0.3, 0.4) is 0 Å². The monoisotopic (exact) mass is 872 g/mol. The molecule has 0 spiro atoms. The molecular formula is C50H82NO9P. The smallest absolute Gasteiger partial charge is 0.472 e. The summed E-state index contributed by atoms with van der Waals surface area (Å²) in [5, 5.41) is 8.91. The average molecular weight is 872 g/mol. The number of aliphatic carboxylic acids is 1. The summed E-state index contributed by atoms with van der Waals surface area (Å²) < 4.78 is 33.3. The summed E-state index contributed by atoms with van der Waals surface area (Å²) in [4.78, 5) is 33.6. The van der Waals surface area contributed by atoms with Gasteiger partial charge in [-0.2, -0.15) is 0 Å². The summed E-state index contributed by atoms with van der Waals surface area (Å²) in [6.07, 6.45) is 60.1. The van der Waals surface area contributed by atoms with Gasteiger partial charge in [-0.05, 0) is 96.3 Å². The Hall–Kier alpha value is -3.37. The first kappa shape index (κ1) is 57.6. The van der Waals surface area contributed by atoms with E-state index in [0.29, 0.717) is 13.0 Å². The quantitative estimate of drug-likeness (QED) is 0.0234. The highest BCUT2D eigenvalue weighted by molar-refractivity contribution is 7.47. The fourth-order valence-electron chi connectivity index (χ4n) is 5.51. The van der Waals surface area contributed by atoms with E-state index in [2.05, 4.69) is 123 Å². The number of carboxylic acids is 1. The molecule has 4 N–H and O–H groups in total. The molecule has 0 aromatic heterocycles. The summed E-state index contributed by atoms with van der Waals surface area (Å²) in [5.74, 6) is -1.83. The molecular weight excluding hydrogens is 790 g/mol. The largest absolute Gasteiger partial charge is 0.480 e. The molecule has 0 aliphatic heterocycles. The van der Waals surface area contributed by atoms with Crippen molar-refractivity contribution in [2.75, 3.05) is 26.4 Å². The normalized spacial score (nSPS) is 14.8. The number of nitrogens with two attached hydrogens (primary N) is 1. The molecule has 0 aliphatic rings. The predicted molar refractivity (Wildman–Crippen MR) is 253 cm³/mol. The molecule has 346 valence electrons. The third kappa shape index (κ3) is 44.5. The first-order chi connectivity index (χ1) is 29.7. The lowest BCUT2D eigenvalue weighted by Gasteiger charge is -2.20. The summed E-state index contributed by atoms with van der Waals surface area (Å²) in [6, 6.07) is -1.49. The standard InChI is InChI=1S/C50H82NO9P/c1-3-5-7-9-11-13-15-17-19-21-23-25-27-29-31-33-35-37-39-41-43-57-44-47(45-58-61(55,56)59-46-48(51)50(53)54)60-49(52)42-40-38-36-34-32-30-28-26-24-22-20-18-16-14-12-10-8-6-4-2/h5,7,11-14,17-20,23-26,29,31,35,37,47-48H,3-4,6,8-10,15-16,21-22,27-28,30,32-34,36,38-46,51H2,1-2H3,(H,53,54)(H,55,56)/b7-5-,13-11-,14-12-,19-17-,20-18-,25-23-,26-24-,31-29-,37-35-. The number of rotatable bonds is 42. The molecule has 0 saturated carbocycles. The molecule has 3 atom stereocenters. The van der Waals surface area contributed by atoms with Crippen LogP contribution in [0.2, 0.25) is 0 Å². The zero-order valence-electron chi connectivity index (χ0n) is 37.7. The van der Waals surface area contributed by atoms with Crippen LogP contribution in [-0.2, 0) is 32.7 Å². The van der Waals surface area contributed by atoms with Gasteiger partial charge in [-0.25, -0.2) is 4.57 Å². The van der Waals surface area contributed by atoms with Gasteiger partial charge in [0.1, 0.15) is 12.1 Å². The topological polar surface area (TPSA) is 155 Å². The van der Waals surface area contributed by atoms with E-state index in [9.17, 15) is 19.0 Å². The van der Waals surface area contributed by atoms with E-state index in [-0.39, 0.29) is 13.0 Å². The maximum atomic E-state index is 12.7. The number of hydrogen-bond donors (Lipinski definition) is 3. The molecule has 0 saturated heterocycles. The van der Waals surface area contributed by atoms with Crippen LogP contribution >= 0.6 is 7.82 Å². The van der Waals surface area contributed by atoms with Gasteiger partial charge in [0.2, 0.25) is 0 Å². The fourth-order valence-corrected chi connectivity index (χ4v) is 6.29. The third-order valence-electron chi connectivity index (χ3n) is 9.04. The van der Waals surface area contributed by atoms with Crippen LogP contribution in [0.1, 0.15) is 155 Å². The van der Waals surface area contributed by atoms with Crippen molar-refractivity contribution in [3.63, 3.8) is 0 Å². The van der Waals surface area contributed by atoms with E-state index in [1.165, 1.54) is 25.7 Å².